The van der Waals surface area contributed by atoms with Crippen LogP contribution in [0.2, 0.25) is 0 Å². The van der Waals surface area contributed by atoms with Gasteiger partial charge in [-0.3, -0.25) is 5.73 Å². The van der Waals surface area contributed by atoms with Crippen molar-refractivity contribution in [2.24, 2.45) is 11.5 Å². The van der Waals surface area contributed by atoms with Gasteiger partial charge in [-0.25, -0.2) is 9.88 Å². The number of nitrogens with zero attached hydrogens (tertiary/aromatic N) is 3. The van der Waals surface area contributed by atoms with E-state index in [-0.39, 0.29) is 6.17 Å². The average molecular weight is 434 g/mol. The highest BCUT2D eigenvalue weighted by Crippen LogP contribution is 2.35. The van der Waals surface area contributed by atoms with Crippen LogP contribution in [0.15, 0.2) is 66.9 Å². The lowest BCUT2D eigenvalue weighted by Crippen LogP contribution is -2.60. The lowest BCUT2D eigenvalue weighted by molar-refractivity contribution is 0.112. The smallest absolute Gasteiger partial charge is 0.161 e. The zero-order chi connectivity index (χ0) is 22.5. The number of hydrogen-bond acceptors (Lipinski definition) is 7. The highest BCUT2D eigenvalue weighted by atomic mass is 16.5. The van der Waals surface area contributed by atoms with Crippen molar-refractivity contribution in [1.82, 2.24) is 9.88 Å². The minimum absolute atomic E-state index is 0.354. The summed E-state index contributed by atoms with van der Waals surface area (Å²) < 4.78 is 10.8. The van der Waals surface area contributed by atoms with Crippen LogP contribution < -0.4 is 25.8 Å². The number of aromatic nitrogens is 1. The van der Waals surface area contributed by atoms with E-state index < -0.39 is 6.29 Å². The Kier molecular flexibility index (Phi) is 6.90. The predicted octanol–water partition coefficient (Wildman–Crippen LogP) is 3.25. The summed E-state index contributed by atoms with van der Waals surface area (Å²) in [5, 5.41) is 0. The van der Waals surface area contributed by atoms with Gasteiger partial charge in [0.1, 0.15) is 12.1 Å². The van der Waals surface area contributed by atoms with Crippen LogP contribution in [0.1, 0.15) is 29.3 Å². The molecular weight excluding hydrogens is 402 g/mol. The first-order valence-corrected chi connectivity index (χ1v) is 10.9. The van der Waals surface area contributed by atoms with Crippen LogP contribution in [0, 0.1) is 0 Å². The van der Waals surface area contributed by atoms with Crippen molar-refractivity contribution >= 4 is 5.82 Å². The summed E-state index contributed by atoms with van der Waals surface area (Å²) in [4.78, 5) is 8.87. The number of methoxy groups -OCH3 is 2. The molecule has 2 heterocycles. The van der Waals surface area contributed by atoms with Crippen molar-refractivity contribution < 1.29 is 9.47 Å². The second-order valence-electron chi connectivity index (χ2n) is 7.92. The molecule has 0 aliphatic carbocycles. The molecule has 0 amide bonds. The molecule has 1 aliphatic rings. The second kappa shape index (κ2) is 9.99. The van der Waals surface area contributed by atoms with Gasteiger partial charge in [0.25, 0.3) is 0 Å². The van der Waals surface area contributed by atoms with Gasteiger partial charge in [-0.15, -0.1) is 0 Å². The molecule has 32 heavy (non-hydrogen) atoms. The largest absolute Gasteiger partial charge is 0.493 e. The predicted molar refractivity (Wildman–Crippen MR) is 126 cm³/mol. The second-order valence-corrected chi connectivity index (χ2v) is 7.92. The van der Waals surface area contributed by atoms with Crippen molar-refractivity contribution in [2.75, 3.05) is 25.7 Å². The Balaban J connectivity index is 1.56. The third kappa shape index (κ3) is 4.55. The van der Waals surface area contributed by atoms with E-state index in [0.717, 1.165) is 36.3 Å². The van der Waals surface area contributed by atoms with Crippen LogP contribution in [-0.4, -0.2) is 36.9 Å². The molecule has 7 nitrogen and oxygen atoms in total. The molecule has 2 aromatic carbocycles. The van der Waals surface area contributed by atoms with Crippen molar-refractivity contribution in [1.29, 1.82) is 0 Å². The fourth-order valence-corrected chi connectivity index (χ4v) is 4.25. The van der Waals surface area contributed by atoms with E-state index >= 15 is 0 Å². The maximum Gasteiger partial charge on any atom is 0.161 e. The molecule has 0 saturated heterocycles. The number of fused-ring (bicyclic) bond motifs is 1. The third-order valence-corrected chi connectivity index (χ3v) is 5.94. The van der Waals surface area contributed by atoms with Gasteiger partial charge in [-0.05, 0) is 42.2 Å². The Labute approximate surface area is 189 Å². The van der Waals surface area contributed by atoms with Gasteiger partial charge in [-0.1, -0.05) is 42.5 Å². The fraction of sp³-hybridized carbons (Fsp3) is 0.320. The van der Waals surface area contributed by atoms with Crippen molar-refractivity contribution in [3.8, 4) is 11.5 Å². The first-order valence-electron chi connectivity index (χ1n) is 10.9. The third-order valence-electron chi connectivity index (χ3n) is 5.94. The number of ether oxygens (including phenoxy) is 2. The minimum atomic E-state index is -0.392. The summed E-state index contributed by atoms with van der Waals surface area (Å²) in [5.41, 5.74) is 16.8. The molecule has 4 rings (SSSR count). The van der Waals surface area contributed by atoms with Crippen molar-refractivity contribution in [3.63, 3.8) is 0 Å². The quantitative estimate of drug-likeness (QED) is 0.564. The molecule has 0 bridgehead atoms. The molecule has 0 saturated carbocycles. The minimum Gasteiger partial charge on any atom is -0.493 e. The van der Waals surface area contributed by atoms with E-state index in [9.17, 15) is 0 Å². The molecule has 1 aliphatic heterocycles. The average Bonchev–Trinajstić information content (AvgIpc) is 2.84. The Morgan fingerprint density at radius 3 is 2.44 bits per heavy atom. The maximum absolute atomic E-state index is 6.76. The topological polar surface area (TPSA) is 89.9 Å². The molecule has 2 atom stereocenters. The Morgan fingerprint density at radius 1 is 0.906 bits per heavy atom. The summed E-state index contributed by atoms with van der Waals surface area (Å²) >= 11 is 0. The summed E-state index contributed by atoms with van der Waals surface area (Å²) in [6.45, 7) is 1.36. The molecule has 7 heteroatoms. The first kappa shape index (κ1) is 22.1. The summed E-state index contributed by atoms with van der Waals surface area (Å²) in [6, 6.07) is 20.3. The number of hydrogen-bond donors (Lipinski definition) is 2. The van der Waals surface area contributed by atoms with E-state index in [1.54, 1.807) is 20.4 Å². The first-order chi connectivity index (χ1) is 15.6. The maximum atomic E-state index is 6.76. The Hall–Kier alpha value is -3.13. The van der Waals surface area contributed by atoms with Crippen molar-refractivity contribution in [3.05, 3.63) is 83.6 Å². The van der Waals surface area contributed by atoms with Crippen LogP contribution >= 0.6 is 0 Å². The molecular formula is C25H31N5O2. The van der Waals surface area contributed by atoms with E-state index in [1.807, 2.05) is 36.4 Å². The van der Waals surface area contributed by atoms with Gasteiger partial charge in [0.2, 0.25) is 0 Å². The van der Waals surface area contributed by atoms with Crippen LogP contribution in [0.25, 0.3) is 0 Å². The molecule has 2 unspecified atom stereocenters. The zero-order valence-electron chi connectivity index (χ0n) is 18.6. The lowest BCUT2D eigenvalue weighted by atomic mass is 10.1. The van der Waals surface area contributed by atoms with E-state index in [1.165, 1.54) is 5.56 Å². The molecule has 4 N–H and O–H groups in total. The molecule has 0 spiro atoms. The summed E-state index contributed by atoms with van der Waals surface area (Å²) in [7, 11) is 3.27. The highest BCUT2D eigenvalue weighted by Gasteiger charge is 2.36. The van der Waals surface area contributed by atoms with Gasteiger partial charge in [0.05, 0.1) is 20.4 Å². The lowest BCUT2D eigenvalue weighted by Gasteiger charge is -2.46. The molecule has 0 radical (unpaired) electrons. The monoisotopic (exact) mass is 433 g/mol. The van der Waals surface area contributed by atoms with E-state index in [0.29, 0.717) is 18.0 Å². The van der Waals surface area contributed by atoms with Crippen LogP contribution in [0.5, 0.6) is 11.5 Å². The zero-order valence-corrected chi connectivity index (χ0v) is 18.6. The molecule has 1 aromatic heterocycles. The Bertz CT molecular complexity index is 1030. The molecule has 0 fully saturated rings. The standard InChI is InChI=1S/C25H31N5O2/c1-31-21-13-12-19(16-22(21)32-2)17-30-23(26)20-11-6-14-28-24(20)29(25(30)27)15-7-10-18-8-4-3-5-9-18/h3-6,8-9,11-14,16,23,25H,7,10,15,17,26-27H2,1-2H3. The number of nitrogens with two attached hydrogens (primary N) is 2. The fourth-order valence-electron chi connectivity index (χ4n) is 4.25. The van der Waals surface area contributed by atoms with Crippen LogP contribution in [0.3, 0.4) is 0 Å². The normalized spacial score (nSPS) is 18.3. The van der Waals surface area contributed by atoms with Gasteiger partial charge < -0.3 is 20.1 Å². The number of aryl methyl sites for hydroxylation is 1. The van der Waals surface area contributed by atoms with Crippen LogP contribution in [0.4, 0.5) is 5.82 Å². The number of rotatable bonds is 8. The molecule has 168 valence electrons. The van der Waals surface area contributed by atoms with E-state index in [2.05, 4.69) is 39.0 Å². The van der Waals surface area contributed by atoms with Gasteiger partial charge in [0.15, 0.2) is 11.5 Å². The molecule has 3 aromatic rings. The van der Waals surface area contributed by atoms with E-state index in [4.69, 9.17) is 20.9 Å². The SMILES string of the molecule is COc1ccc(CN2C(N)c3cccnc3N(CCCc3ccccc3)C2N)cc1OC. The summed E-state index contributed by atoms with van der Waals surface area (Å²) in [6.07, 6.45) is 3.00. The van der Waals surface area contributed by atoms with Gasteiger partial charge in [-0.2, -0.15) is 0 Å². The number of pyridine rings is 1. The number of anilines is 1. The number of benzene rings is 2. The Morgan fingerprint density at radius 2 is 1.69 bits per heavy atom. The highest BCUT2D eigenvalue weighted by molar-refractivity contribution is 5.51. The van der Waals surface area contributed by atoms with Gasteiger partial charge in [0, 0.05) is 24.8 Å². The van der Waals surface area contributed by atoms with Crippen LogP contribution in [-0.2, 0) is 13.0 Å². The van der Waals surface area contributed by atoms with Gasteiger partial charge >= 0.3 is 0 Å². The van der Waals surface area contributed by atoms with Crippen molar-refractivity contribution in [2.45, 2.75) is 31.8 Å². The summed E-state index contributed by atoms with van der Waals surface area (Å²) in [5.74, 6) is 2.25.